The first-order valence-corrected chi connectivity index (χ1v) is 8.12. The smallest absolute Gasteiger partial charge is 0.255 e. The van der Waals surface area contributed by atoms with Crippen LogP contribution in [0.5, 0.6) is 5.88 Å². The molecule has 25 heavy (non-hydrogen) atoms. The van der Waals surface area contributed by atoms with Crippen LogP contribution in [-0.2, 0) is 13.0 Å². The summed E-state index contributed by atoms with van der Waals surface area (Å²) < 4.78 is 6.84. The number of methoxy groups -OCH3 is 1. The Morgan fingerprint density at radius 1 is 1.16 bits per heavy atom. The minimum Gasteiger partial charge on any atom is -0.481 e. The van der Waals surface area contributed by atoms with Gasteiger partial charge in [0.25, 0.3) is 5.91 Å². The molecule has 6 heteroatoms. The Bertz CT molecular complexity index is 842. The predicted octanol–water partition coefficient (Wildman–Crippen LogP) is 2.77. The molecule has 0 atom stereocenters. The molecule has 2 aromatic heterocycles. The molecule has 6 nitrogen and oxygen atoms in total. The van der Waals surface area contributed by atoms with Crippen molar-refractivity contribution in [2.75, 3.05) is 7.11 Å². The lowest BCUT2D eigenvalue weighted by molar-refractivity contribution is 0.0950. The highest BCUT2D eigenvalue weighted by Crippen LogP contribution is 2.16. The van der Waals surface area contributed by atoms with Gasteiger partial charge in [0.1, 0.15) is 0 Å². The van der Waals surface area contributed by atoms with Gasteiger partial charge < -0.3 is 10.1 Å². The molecule has 0 aliphatic heterocycles. The van der Waals surface area contributed by atoms with Crippen molar-refractivity contribution in [1.29, 1.82) is 0 Å². The standard InChI is InChI=1S/C19H20N4O2/c1-3-17-16(13-22-23(17)15-7-5-4-6-8-15)19(24)21-12-14-9-10-18(25-2)20-11-14/h4-11,13H,3,12H2,1-2H3,(H,21,24). The van der Waals surface area contributed by atoms with E-state index in [1.807, 2.05) is 48.0 Å². The third-order valence-electron chi connectivity index (χ3n) is 3.91. The van der Waals surface area contributed by atoms with E-state index in [4.69, 9.17) is 4.74 Å². The summed E-state index contributed by atoms with van der Waals surface area (Å²) in [4.78, 5) is 16.7. The second-order valence-electron chi connectivity index (χ2n) is 5.50. The van der Waals surface area contributed by atoms with Crippen LogP contribution in [-0.4, -0.2) is 27.8 Å². The van der Waals surface area contributed by atoms with Crippen molar-refractivity contribution in [2.24, 2.45) is 0 Å². The number of nitrogens with zero attached hydrogens (tertiary/aromatic N) is 3. The minimum absolute atomic E-state index is 0.144. The van der Waals surface area contributed by atoms with Crippen molar-refractivity contribution in [2.45, 2.75) is 19.9 Å². The molecular formula is C19H20N4O2. The van der Waals surface area contributed by atoms with Gasteiger partial charge in [-0.25, -0.2) is 9.67 Å². The molecule has 0 spiro atoms. The lowest BCUT2D eigenvalue weighted by Crippen LogP contribution is -2.23. The fourth-order valence-electron chi connectivity index (χ4n) is 2.61. The van der Waals surface area contributed by atoms with Gasteiger partial charge in [-0.3, -0.25) is 4.79 Å². The van der Waals surface area contributed by atoms with Gasteiger partial charge in [0.2, 0.25) is 5.88 Å². The molecule has 0 aliphatic carbocycles. The summed E-state index contributed by atoms with van der Waals surface area (Å²) in [6.07, 6.45) is 4.02. The van der Waals surface area contributed by atoms with Crippen molar-refractivity contribution in [3.63, 3.8) is 0 Å². The van der Waals surface area contributed by atoms with Crippen LogP contribution < -0.4 is 10.1 Å². The molecule has 3 aromatic rings. The third-order valence-corrected chi connectivity index (χ3v) is 3.91. The van der Waals surface area contributed by atoms with Gasteiger partial charge in [0.15, 0.2) is 0 Å². The molecule has 128 valence electrons. The summed E-state index contributed by atoms with van der Waals surface area (Å²) in [5.41, 5.74) is 3.32. The molecule has 0 bridgehead atoms. The van der Waals surface area contributed by atoms with Crippen LogP contribution in [0.15, 0.2) is 54.9 Å². The minimum atomic E-state index is -0.144. The highest BCUT2D eigenvalue weighted by atomic mass is 16.5. The van der Waals surface area contributed by atoms with E-state index in [2.05, 4.69) is 15.4 Å². The van der Waals surface area contributed by atoms with Gasteiger partial charge >= 0.3 is 0 Å². The zero-order chi connectivity index (χ0) is 17.6. The number of rotatable bonds is 6. The average molecular weight is 336 g/mol. The van der Waals surface area contributed by atoms with Crippen LogP contribution >= 0.6 is 0 Å². The number of para-hydroxylation sites is 1. The third kappa shape index (κ3) is 3.68. The molecule has 0 unspecified atom stereocenters. The maximum atomic E-state index is 12.6. The summed E-state index contributed by atoms with van der Waals surface area (Å²) in [5.74, 6) is 0.405. The van der Waals surface area contributed by atoms with E-state index in [-0.39, 0.29) is 5.91 Å². The summed E-state index contributed by atoms with van der Waals surface area (Å²) in [5, 5.41) is 7.30. The van der Waals surface area contributed by atoms with Gasteiger partial charge in [-0.1, -0.05) is 31.2 Å². The Kier molecular flexibility index (Phi) is 5.09. The first-order valence-electron chi connectivity index (χ1n) is 8.12. The zero-order valence-corrected chi connectivity index (χ0v) is 14.3. The largest absolute Gasteiger partial charge is 0.481 e. The van der Waals surface area contributed by atoms with Gasteiger partial charge in [-0.05, 0) is 24.1 Å². The maximum Gasteiger partial charge on any atom is 0.255 e. The van der Waals surface area contributed by atoms with Crippen molar-refractivity contribution in [1.82, 2.24) is 20.1 Å². The number of benzene rings is 1. The number of hydrogen-bond acceptors (Lipinski definition) is 4. The Morgan fingerprint density at radius 3 is 2.60 bits per heavy atom. The summed E-state index contributed by atoms with van der Waals surface area (Å²) >= 11 is 0. The van der Waals surface area contributed by atoms with E-state index in [0.29, 0.717) is 24.4 Å². The molecule has 0 saturated heterocycles. The van der Waals surface area contributed by atoms with Crippen LogP contribution in [0.25, 0.3) is 5.69 Å². The van der Waals surface area contributed by atoms with Crippen molar-refractivity contribution in [3.05, 3.63) is 71.7 Å². The first-order chi connectivity index (χ1) is 12.2. The maximum absolute atomic E-state index is 12.6. The van der Waals surface area contributed by atoms with Crippen LogP contribution in [0.3, 0.4) is 0 Å². The molecule has 0 saturated carbocycles. The predicted molar refractivity (Wildman–Crippen MR) is 94.9 cm³/mol. The SMILES string of the molecule is CCc1c(C(=O)NCc2ccc(OC)nc2)cnn1-c1ccccc1. The van der Waals surface area contributed by atoms with E-state index in [1.54, 1.807) is 25.6 Å². The molecular weight excluding hydrogens is 316 g/mol. The quantitative estimate of drug-likeness (QED) is 0.751. The lowest BCUT2D eigenvalue weighted by Gasteiger charge is -2.09. The van der Waals surface area contributed by atoms with Crippen molar-refractivity contribution in [3.8, 4) is 11.6 Å². The lowest BCUT2D eigenvalue weighted by atomic mass is 10.2. The molecule has 0 fully saturated rings. The van der Waals surface area contributed by atoms with Gasteiger partial charge in [0, 0.05) is 18.8 Å². The topological polar surface area (TPSA) is 69.0 Å². The van der Waals surface area contributed by atoms with E-state index >= 15 is 0 Å². The number of aromatic nitrogens is 3. The number of ether oxygens (including phenoxy) is 1. The van der Waals surface area contributed by atoms with Crippen LogP contribution in [0.4, 0.5) is 0 Å². The van der Waals surface area contributed by atoms with E-state index in [1.165, 1.54) is 0 Å². The number of amides is 1. The van der Waals surface area contributed by atoms with Crippen LogP contribution in [0.2, 0.25) is 0 Å². The molecule has 1 amide bonds. The van der Waals surface area contributed by atoms with Crippen LogP contribution in [0.1, 0.15) is 28.5 Å². The fourth-order valence-corrected chi connectivity index (χ4v) is 2.61. The molecule has 1 N–H and O–H groups in total. The Hall–Kier alpha value is -3.15. The first kappa shape index (κ1) is 16.7. The van der Waals surface area contributed by atoms with E-state index in [0.717, 1.165) is 16.9 Å². The van der Waals surface area contributed by atoms with Crippen molar-refractivity contribution >= 4 is 5.91 Å². The second kappa shape index (κ2) is 7.61. The Labute approximate surface area is 146 Å². The van der Waals surface area contributed by atoms with Gasteiger partial charge in [-0.2, -0.15) is 5.10 Å². The summed E-state index contributed by atoms with van der Waals surface area (Å²) in [6.45, 7) is 2.41. The molecule has 3 rings (SSSR count). The number of nitrogens with one attached hydrogen (secondary N) is 1. The Balaban J connectivity index is 1.74. The highest BCUT2D eigenvalue weighted by Gasteiger charge is 2.16. The zero-order valence-electron chi connectivity index (χ0n) is 14.3. The molecule has 2 heterocycles. The Morgan fingerprint density at radius 2 is 1.96 bits per heavy atom. The van der Waals surface area contributed by atoms with Gasteiger partial charge in [0.05, 0.1) is 30.3 Å². The molecule has 0 aliphatic rings. The second-order valence-corrected chi connectivity index (χ2v) is 5.50. The number of carbonyl (C=O) groups is 1. The van der Waals surface area contributed by atoms with Gasteiger partial charge in [-0.15, -0.1) is 0 Å². The molecule has 1 aromatic carbocycles. The molecule has 0 radical (unpaired) electrons. The van der Waals surface area contributed by atoms with Crippen LogP contribution in [0, 0.1) is 0 Å². The number of carbonyl (C=O) groups excluding carboxylic acids is 1. The number of hydrogen-bond donors (Lipinski definition) is 1. The number of pyridine rings is 1. The highest BCUT2D eigenvalue weighted by molar-refractivity contribution is 5.95. The van der Waals surface area contributed by atoms with E-state index < -0.39 is 0 Å². The summed E-state index contributed by atoms with van der Waals surface area (Å²) in [7, 11) is 1.57. The van der Waals surface area contributed by atoms with E-state index in [9.17, 15) is 4.79 Å². The fraction of sp³-hybridized carbons (Fsp3) is 0.211. The monoisotopic (exact) mass is 336 g/mol. The average Bonchev–Trinajstić information content (AvgIpc) is 3.11. The van der Waals surface area contributed by atoms with Crippen molar-refractivity contribution < 1.29 is 9.53 Å². The normalized spacial score (nSPS) is 10.5. The summed E-state index contributed by atoms with van der Waals surface area (Å²) in [6, 6.07) is 13.4.